The fraction of sp³-hybridized carbons (Fsp3) is 0.267. The van der Waals surface area contributed by atoms with Gasteiger partial charge in [-0.25, -0.2) is 0 Å². The second-order valence-corrected chi connectivity index (χ2v) is 5.38. The van der Waals surface area contributed by atoms with E-state index < -0.39 is 0 Å². The minimum Gasteiger partial charge on any atom is -0.313 e. The molecule has 0 aliphatic heterocycles. The van der Waals surface area contributed by atoms with Crippen molar-refractivity contribution in [3.05, 3.63) is 63.9 Å². The zero-order valence-electron chi connectivity index (χ0n) is 10.7. The number of rotatable bonds is 4. The summed E-state index contributed by atoms with van der Waals surface area (Å²) >= 11 is 3.46. The van der Waals surface area contributed by atoms with Crippen LogP contribution in [0.4, 0.5) is 0 Å². The highest BCUT2D eigenvalue weighted by molar-refractivity contribution is 9.10. The summed E-state index contributed by atoms with van der Waals surface area (Å²) in [5.74, 6) is 0. The molecule has 0 bridgehead atoms. The first-order valence-corrected chi connectivity index (χ1v) is 6.81. The zero-order chi connectivity index (χ0) is 13.0. The number of benzene rings is 1. The Morgan fingerprint density at radius 2 is 1.94 bits per heavy atom. The first-order chi connectivity index (χ1) is 8.69. The lowest BCUT2D eigenvalue weighted by molar-refractivity contribution is 0.589. The van der Waals surface area contributed by atoms with Crippen molar-refractivity contribution in [2.75, 3.05) is 7.05 Å². The monoisotopic (exact) mass is 304 g/mol. The molecule has 2 aromatic rings. The van der Waals surface area contributed by atoms with Crippen molar-refractivity contribution in [2.45, 2.75) is 19.4 Å². The molecule has 0 aliphatic carbocycles. The van der Waals surface area contributed by atoms with Gasteiger partial charge in [0, 0.05) is 22.9 Å². The Bertz CT molecular complexity index is 508. The fourth-order valence-electron chi connectivity index (χ4n) is 1.97. The summed E-state index contributed by atoms with van der Waals surface area (Å²) in [6, 6.07) is 11.1. The van der Waals surface area contributed by atoms with Crippen LogP contribution in [-0.2, 0) is 6.42 Å². The molecule has 3 heteroatoms. The molecule has 0 spiro atoms. The van der Waals surface area contributed by atoms with Crippen molar-refractivity contribution in [3.8, 4) is 0 Å². The summed E-state index contributed by atoms with van der Waals surface area (Å²) in [5.41, 5.74) is 3.83. The predicted octanol–water partition coefficient (Wildman–Crippen LogP) is 3.66. The van der Waals surface area contributed by atoms with Crippen molar-refractivity contribution < 1.29 is 0 Å². The molecule has 94 valence electrons. The third kappa shape index (κ3) is 3.40. The summed E-state index contributed by atoms with van der Waals surface area (Å²) in [4.78, 5) is 4.22. The molecule has 1 aromatic carbocycles. The van der Waals surface area contributed by atoms with Crippen LogP contribution < -0.4 is 5.32 Å². The maximum absolute atomic E-state index is 4.22. The average molecular weight is 305 g/mol. The van der Waals surface area contributed by atoms with Crippen molar-refractivity contribution >= 4 is 15.9 Å². The van der Waals surface area contributed by atoms with Gasteiger partial charge in [0.1, 0.15) is 0 Å². The highest BCUT2D eigenvalue weighted by Crippen LogP contribution is 2.20. The zero-order valence-corrected chi connectivity index (χ0v) is 12.2. The molecule has 1 unspecified atom stereocenters. The fourth-order valence-corrected chi connectivity index (χ4v) is 2.35. The Hall–Kier alpha value is -1.19. The molecule has 0 amide bonds. The van der Waals surface area contributed by atoms with E-state index in [1.807, 2.05) is 19.4 Å². The molecule has 0 saturated carbocycles. The van der Waals surface area contributed by atoms with E-state index in [9.17, 15) is 0 Å². The van der Waals surface area contributed by atoms with E-state index in [-0.39, 0.29) is 6.04 Å². The average Bonchev–Trinajstić information content (AvgIpc) is 2.38. The van der Waals surface area contributed by atoms with Gasteiger partial charge in [0.05, 0.1) is 0 Å². The third-order valence-corrected chi connectivity index (χ3v) is 3.47. The minimum atomic E-state index is 0.290. The largest absolute Gasteiger partial charge is 0.313 e. The van der Waals surface area contributed by atoms with Gasteiger partial charge in [0.25, 0.3) is 0 Å². The summed E-state index contributed by atoms with van der Waals surface area (Å²) in [7, 11) is 1.99. The third-order valence-electron chi connectivity index (χ3n) is 3.04. The predicted molar refractivity (Wildman–Crippen MR) is 78.6 cm³/mol. The molecular weight excluding hydrogens is 288 g/mol. The Labute approximate surface area is 117 Å². The van der Waals surface area contributed by atoms with Gasteiger partial charge in [-0.3, -0.25) is 4.98 Å². The molecule has 18 heavy (non-hydrogen) atoms. The quantitative estimate of drug-likeness (QED) is 0.932. The summed E-state index contributed by atoms with van der Waals surface area (Å²) < 4.78 is 1.02. The number of halogens is 1. The van der Waals surface area contributed by atoms with E-state index in [1.165, 1.54) is 16.7 Å². The number of nitrogens with one attached hydrogen (secondary N) is 1. The van der Waals surface area contributed by atoms with E-state index in [0.717, 1.165) is 10.9 Å². The van der Waals surface area contributed by atoms with E-state index in [2.05, 4.69) is 63.5 Å². The van der Waals surface area contributed by atoms with Crippen LogP contribution in [0.5, 0.6) is 0 Å². The lowest BCUT2D eigenvalue weighted by Gasteiger charge is -2.16. The number of nitrogens with zero attached hydrogens (tertiary/aromatic N) is 1. The minimum absolute atomic E-state index is 0.290. The second kappa shape index (κ2) is 6.12. The van der Waals surface area contributed by atoms with Crippen molar-refractivity contribution in [2.24, 2.45) is 0 Å². The van der Waals surface area contributed by atoms with Crippen LogP contribution in [0, 0.1) is 6.92 Å². The molecule has 1 heterocycles. The molecule has 0 radical (unpaired) electrons. The van der Waals surface area contributed by atoms with Gasteiger partial charge in [0.15, 0.2) is 0 Å². The Morgan fingerprint density at radius 1 is 1.22 bits per heavy atom. The smallest absolute Gasteiger partial charge is 0.0410 e. The van der Waals surface area contributed by atoms with Gasteiger partial charge in [0.2, 0.25) is 0 Å². The maximum Gasteiger partial charge on any atom is 0.0410 e. The van der Waals surface area contributed by atoms with E-state index in [0.29, 0.717) is 0 Å². The normalized spacial score (nSPS) is 12.4. The SMILES string of the molecule is CNC(Cc1ccc(C)cc1)c1cncc(Br)c1. The number of likely N-dealkylation sites (N-methyl/N-ethyl adjacent to an activating group) is 1. The van der Waals surface area contributed by atoms with Crippen LogP contribution in [0.2, 0.25) is 0 Å². The standard InChI is InChI=1S/C15H17BrN2/c1-11-3-5-12(6-4-11)7-15(17-2)13-8-14(16)10-18-9-13/h3-6,8-10,15,17H,7H2,1-2H3. The Balaban J connectivity index is 2.17. The second-order valence-electron chi connectivity index (χ2n) is 4.47. The van der Waals surface area contributed by atoms with Crippen molar-refractivity contribution in [1.29, 1.82) is 0 Å². The van der Waals surface area contributed by atoms with Gasteiger partial charge in [-0.1, -0.05) is 29.8 Å². The maximum atomic E-state index is 4.22. The molecule has 1 atom stereocenters. The first kappa shape index (κ1) is 13.2. The van der Waals surface area contributed by atoms with E-state index in [4.69, 9.17) is 0 Å². The number of aromatic nitrogens is 1. The van der Waals surface area contributed by atoms with Crippen molar-refractivity contribution in [1.82, 2.24) is 10.3 Å². The summed E-state index contributed by atoms with van der Waals surface area (Å²) in [6.45, 7) is 2.11. The van der Waals surface area contributed by atoms with Crippen LogP contribution in [0.1, 0.15) is 22.7 Å². The highest BCUT2D eigenvalue weighted by Gasteiger charge is 2.10. The molecule has 1 aromatic heterocycles. The van der Waals surface area contributed by atoms with Crippen LogP contribution in [0.15, 0.2) is 47.2 Å². The lowest BCUT2D eigenvalue weighted by Crippen LogP contribution is -2.19. The first-order valence-electron chi connectivity index (χ1n) is 6.02. The molecule has 0 aliphatic rings. The summed E-state index contributed by atoms with van der Waals surface area (Å²) in [5, 5.41) is 3.35. The summed E-state index contributed by atoms with van der Waals surface area (Å²) in [6.07, 6.45) is 4.69. The van der Waals surface area contributed by atoms with E-state index >= 15 is 0 Å². The Kier molecular flexibility index (Phi) is 4.50. The van der Waals surface area contributed by atoms with Gasteiger partial charge >= 0.3 is 0 Å². The molecule has 2 nitrogen and oxygen atoms in total. The van der Waals surface area contributed by atoms with Gasteiger partial charge in [-0.2, -0.15) is 0 Å². The number of aryl methyl sites for hydroxylation is 1. The molecule has 2 rings (SSSR count). The lowest BCUT2D eigenvalue weighted by atomic mass is 10.00. The molecular formula is C15H17BrN2. The number of hydrogen-bond donors (Lipinski definition) is 1. The number of hydrogen-bond acceptors (Lipinski definition) is 2. The van der Waals surface area contributed by atoms with Gasteiger partial charge < -0.3 is 5.32 Å². The number of pyridine rings is 1. The molecule has 0 saturated heterocycles. The highest BCUT2D eigenvalue weighted by atomic mass is 79.9. The van der Waals surface area contributed by atoms with E-state index in [1.54, 1.807) is 0 Å². The van der Waals surface area contributed by atoms with Gasteiger partial charge in [-0.05, 0) is 53.5 Å². The Morgan fingerprint density at radius 3 is 2.56 bits per heavy atom. The van der Waals surface area contributed by atoms with Crippen LogP contribution in [0.3, 0.4) is 0 Å². The topological polar surface area (TPSA) is 24.9 Å². The van der Waals surface area contributed by atoms with Crippen LogP contribution >= 0.6 is 15.9 Å². The van der Waals surface area contributed by atoms with Crippen LogP contribution in [-0.4, -0.2) is 12.0 Å². The molecule has 1 N–H and O–H groups in total. The van der Waals surface area contributed by atoms with Crippen LogP contribution in [0.25, 0.3) is 0 Å². The van der Waals surface area contributed by atoms with Crippen molar-refractivity contribution in [3.63, 3.8) is 0 Å². The van der Waals surface area contributed by atoms with Gasteiger partial charge in [-0.15, -0.1) is 0 Å². The molecule has 0 fully saturated rings.